The largest absolute Gasteiger partial charge is 0.372 e. The first-order chi connectivity index (χ1) is 7.36. The summed E-state index contributed by atoms with van der Waals surface area (Å²) in [5, 5.41) is 3.36. The normalized spacial score (nSPS) is 17.9. The lowest BCUT2D eigenvalue weighted by Crippen LogP contribution is -2.42. The fourth-order valence-corrected chi connectivity index (χ4v) is 1.90. The smallest absolute Gasteiger partial charge is 0.0300 e. The molecule has 1 saturated heterocycles. The molecule has 0 atom stereocenters. The average molecular weight is 202 g/mol. The molecule has 1 fully saturated rings. The zero-order chi connectivity index (χ0) is 10.5. The highest BCUT2D eigenvalue weighted by atomic mass is 15.2. The molecule has 1 aliphatic rings. The molecular weight excluding hydrogens is 184 g/mol. The Bertz CT molecular complexity index is 324. The SMILES string of the molecule is CC(=Cc1ccccc1)N1CCNCC1. The van der Waals surface area contributed by atoms with Crippen molar-refractivity contribution in [3.8, 4) is 0 Å². The first-order valence-electron chi connectivity index (χ1n) is 5.55. The summed E-state index contributed by atoms with van der Waals surface area (Å²) in [6.07, 6.45) is 2.26. The van der Waals surface area contributed by atoms with Crippen LogP contribution in [0.3, 0.4) is 0 Å². The minimum Gasteiger partial charge on any atom is -0.372 e. The fraction of sp³-hybridized carbons (Fsp3) is 0.385. The van der Waals surface area contributed by atoms with Crippen molar-refractivity contribution in [2.24, 2.45) is 0 Å². The second kappa shape index (κ2) is 4.99. The second-order valence-corrected chi connectivity index (χ2v) is 3.93. The highest BCUT2D eigenvalue weighted by Crippen LogP contribution is 2.10. The quantitative estimate of drug-likeness (QED) is 0.788. The number of nitrogens with zero attached hydrogens (tertiary/aromatic N) is 1. The number of hydrogen-bond donors (Lipinski definition) is 1. The minimum absolute atomic E-state index is 1.10. The van der Waals surface area contributed by atoms with Crippen LogP contribution >= 0.6 is 0 Å². The van der Waals surface area contributed by atoms with Gasteiger partial charge in [0.05, 0.1) is 0 Å². The summed E-state index contributed by atoms with van der Waals surface area (Å²) >= 11 is 0. The van der Waals surface area contributed by atoms with Gasteiger partial charge in [-0.2, -0.15) is 0 Å². The van der Waals surface area contributed by atoms with Crippen molar-refractivity contribution in [1.29, 1.82) is 0 Å². The molecule has 15 heavy (non-hydrogen) atoms. The Labute approximate surface area is 91.6 Å². The van der Waals surface area contributed by atoms with Gasteiger partial charge in [0.25, 0.3) is 0 Å². The Kier molecular flexibility index (Phi) is 3.41. The summed E-state index contributed by atoms with van der Waals surface area (Å²) in [4.78, 5) is 2.43. The lowest BCUT2D eigenvalue weighted by molar-refractivity contribution is 0.302. The molecule has 0 aliphatic carbocycles. The average Bonchev–Trinajstić information content (AvgIpc) is 2.31. The molecule has 1 heterocycles. The minimum atomic E-state index is 1.10. The van der Waals surface area contributed by atoms with Gasteiger partial charge >= 0.3 is 0 Å². The van der Waals surface area contributed by atoms with Crippen molar-refractivity contribution in [3.05, 3.63) is 41.6 Å². The van der Waals surface area contributed by atoms with Crippen molar-refractivity contribution >= 4 is 6.08 Å². The molecule has 1 N–H and O–H groups in total. The van der Waals surface area contributed by atoms with Gasteiger partial charge in [-0.05, 0) is 18.6 Å². The van der Waals surface area contributed by atoms with Crippen LogP contribution in [0.25, 0.3) is 6.08 Å². The third-order valence-corrected chi connectivity index (χ3v) is 2.79. The predicted molar refractivity (Wildman–Crippen MR) is 64.5 cm³/mol. The monoisotopic (exact) mass is 202 g/mol. The van der Waals surface area contributed by atoms with Crippen LogP contribution in [0, 0.1) is 0 Å². The molecule has 1 aromatic carbocycles. The summed E-state index contributed by atoms with van der Waals surface area (Å²) in [5.74, 6) is 0. The van der Waals surface area contributed by atoms with E-state index in [0.717, 1.165) is 26.2 Å². The van der Waals surface area contributed by atoms with Crippen LogP contribution in [0.4, 0.5) is 0 Å². The van der Waals surface area contributed by atoms with Crippen molar-refractivity contribution in [3.63, 3.8) is 0 Å². The predicted octanol–water partition coefficient (Wildman–Crippen LogP) is 1.95. The number of piperazine rings is 1. The van der Waals surface area contributed by atoms with E-state index in [1.54, 1.807) is 0 Å². The van der Waals surface area contributed by atoms with E-state index in [1.165, 1.54) is 11.3 Å². The van der Waals surface area contributed by atoms with E-state index in [9.17, 15) is 0 Å². The van der Waals surface area contributed by atoms with E-state index in [-0.39, 0.29) is 0 Å². The molecule has 1 aliphatic heterocycles. The van der Waals surface area contributed by atoms with Crippen molar-refractivity contribution in [1.82, 2.24) is 10.2 Å². The van der Waals surface area contributed by atoms with E-state index in [2.05, 4.69) is 53.5 Å². The Balaban J connectivity index is 2.06. The van der Waals surface area contributed by atoms with Crippen LogP contribution < -0.4 is 5.32 Å². The molecule has 2 rings (SSSR count). The third kappa shape index (κ3) is 2.83. The number of hydrogen-bond acceptors (Lipinski definition) is 2. The Morgan fingerprint density at radius 2 is 1.87 bits per heavy atom. The van der Waals surface area contributed by atoms with Crippen LogP contribution in [-0.2, 0) is 0 Å². The molecule has 80 valence electrons. The number of nitrogens with one attached hydrogen (secondary N) is 1. The molecule has 1 aromatic rings. The van der Waals surface area contributed by atoms with Crippen LogP contribution in [0.15, 0.2) is 36.0 Å². The van der Waals surface area contributed by atoms with Gasteiger partial charge in [0, 0.05) is 31.9 Å². The van der Waals surface area contributed by atoms with Gasteiger partial charge in [0.2, 0.25) is 0 Å². The molecule has 2 nitrogen and oxygen atoms in total. The summed E-state index contributed by atoms with van der Waals surface area (Å²) in [6, 6.07) is 10.5. The molecule has 0 unspecified atom stereocenters. The van der Waals surface area contributed by atoms with Gasteiger partial charge in [-0.1, -0.05) is 30.3 Å². The molecule has 0 radical (unpaired) electrons. The summed E-state index contributed by atoms with van der Waals surface area (Å²) < 4.78 is 0. The van der Waals surface area contributed by atoms with E-state index >= 15 is 0 Å². The molecule has 0 amide bonds. The Morgan fingerprint density at radius 3 is 2.53 bits per heavy atom. The number of allylic oxidation sites excluding steroid dienone is 1. The summed E-state index contributed by atoms with van der Waals surface area (Å²) in [6.45, 7) is 6.63. The maximum Gasteiger partial charge on any atom is 0.0300 e. The second-order valence-electron chi connectivity index (χ2n) is 3.93. The van der Waals surface area contributed by atoms with Gasteiger partial charge in [-0.3, -0.25) is 0 Å². The van der Waals surface area contributed by atoms with Gasteiger partial charge in [-0.25, -0.2) is 0 Å². The van der Waals surface area contributed by atoms with Crippen LogP contribution in [0.1, 0.15) is 12.5 Å². The van der Waals surface area contributed by atoms with Crippen molar-refractivity contribution in [2.45, 2.75) is 6.92 Å². The number of rotatable bonds is 2. The maximum absolute atomic E-state index is 3.36. The van der Waals surface area contributed by atoms with Gasteiger partial charge in [0.1, 0.15) is 0 Å². The van der Waals surface area contributed by atoms with Crippen molar-refractivity contribution < 1.29 is 0 Å². The van der Waals surface area contributed by atoms with Crippen LogP contribution in [0.5, 0.6) is 0 Å². The van der Waals surface area contributed by atoms with Crippen LogP contribution in [0.2, 0.25) is 0 Å². The highest BCUT2D eigenvalue weighted by Gasteiger charge is 2.08. The van der Waals surface area contributed by atoms with Crippen LogP contribution in [-0.4, -0.2) is 31.1 Å². The molecule has 0 aromatic heterocycles. The van der Waals surface area contributed by atoms with E-state index in [4.69, 9.17) is 0 Å². The molecule has 0 spiro atoms. The zero-order valence-electron chi connectivity index (χ0n) is 9.24. The highest BCUT2D eigenvalue weighted by molar-refractivity contribution is 5.51. The van der Waals surface area contributed by atoms with E-state index in [0.29, 0.717) is 0 Å². The lowest BCUT2D eigenvalue weighted by Gasteiger charge is -2.30. The van der Waals surface area contributed by atoms with Crippen molar-refractivity contribution in [2.75, 3.05) is 26.2 Å². The fourth-order valence-electron chi connectivity index (χ4n) is 1.90. The van der Waals surface area contributed by atoms with Gasteiger partial charge in [0.15, 0.2) is 0 Å². The molecule has 0 saturated carbocycles. The maximum atomic E-state index is 3.36. The third-order valence-electron chi connectivity index (χ3n) is 2.79. The first kappa shape index (κ1) is 10.2. The zero-order valence-corrected chi connectivity index (χ0v) is 9.24. The Morgan fingerprint density at radius 1 is 1.20 bits per heavy atom. The van der Waals surface area contributed by atoms with E-state index in [1.807, 2.05) is 0 Å². The Hall–Kier alpha value is -1.28. The summed E-state index contributed by atoms with van der Waals surface area (Å²) in [5.41, 5.74) is 2.65. The lowest BCUT2D eigenvalue weighted by atomic mass is 10.2. The summed E-state index contributed by atoms with van der Waals surface area (Å²) in [7, 11) is 0. The molecule has 2 heteroatoms. The topological polar surface area (TPSA) is 15.3 Å². The van der Waals surface area contributed by atoms with Gasteiger partial charge < -0.3 is 10.2 Å². The molecular formula is C13H18N2. The van der Waals surface area contributed by atoms with E-state index < -0.39 is 0 Å². The van der Waals surface area contributed by atoms with Gasteiger partial charge in [-0.15, -0.1) is 0 Å². The first-order valence-corrected chi connectivity index (χ1v) is 5.55. The standard InChI is InChI=1S/C13H18N2/c1-12(15-9-7-14-8-10-15)11-13-5-3-2-4-6-13/h2-6,11,14H,7-10H2,1H3. The molecule has 0 bridgehead atoms. The number of benzene rings is 1.